The quantitative estimate of drug-likeness (QED) is 0.775. The van der Waals surface area contributed by atoms with Crippen molar-refractivity contribution in [3.63, 3.8) is 0 Å². The molecule has 0 saturated carbocycles. The summed E-state index contributed by atoms with van der Waals surface area (Å²) in [5.41, 5.74) is 3.08. The average molecular weight is 263 g/mol. The molecule has 0 aromatic heterocycles. The fourth-order valence-corrected chi connectivity index (χ4v) is 2.65. The number of hydrogen-bond acceptors (Lipinski definition) is 1. The highest BCUT2D eigenvalue weighted by Gasteiger charge is 2.13. The minimum atomic E-state index is 0.239. The molecule has 0 atom stereocenters. The van der Waals surface area contributed by atoms with Crippen LogP contribution in [0.4, 0.5) is 0 Å². The standard InChI is InChI=1S/C16H19ClO/c1-12-8-9-14(15(17)10-12)11-16(18)13-6-4-2-3-5-7-13/h6,8-10H,2-5,7,11H2,1H3. The molecule has 1 aliphatic rings. The Morgan fingerprint density at radius 3 is 2.89 bits per heavy atom. The van der Waals surface area contributed by atoms with Crippen molar-refractivity contribution in [2.75, 3.05) is 0 Å². The molecular formula is C16H19ClO. The summed E-state index contributed by atoms with van der Waals surface area (Å²) in [6.45, 7) is 2.01. The van der Waals surface area contributed by atoms with Crippen LogP contribution in [0.5, 0.6) is 0 Å². The Labute approximate surface area is 114 Å². The zero-order valence-electron chi connectivity index (χ0n) is 10.8. The summed E-state index contributed by atoms with van der Waals surface area (Å²) in [7, 11) is 0. The van der Waals surface area contributed by atoms with Gasteiger partial charge in [0.15, 0.2) is 5.78 Å². The van der Waals surface area contributed by atoms with E-state index < -0.39 is 0 Å². The third kappa shape index (κ3) is 3.46. The smallest absolute Gasteiger partial charge is 0.162 e. The van der Waals surface area contributed by atoms with Crippen LogP contribution in [0.3, 0.4) is 0 Å². The highest BCUT2D eigenvalue weighted by molar-refractivity contribution is 6.31. The van der Waals surface area contributed by atoms with E-state index in [1.54, 1.807) is 0 Å². The number of carbonyl (C=O) groups excluding carboxylic acids is 1. The lowest BCUT2D eigenvalue weighted by molar-refractivity contribution is -0.115. The van der Waals surface area contributed by atoms with Gasteiger partial charge in [0.05, 0.1) is 0 Å². The summed E-state index contributed by atoms with van der Waals surface area (Å²) in [5.74, 6) is 0.239. The second-order valence-electron chi connectivity index (χ2n) is 5.02. The number of allylic oxidation sites excluding steroid dienone is 2. The lowest BCUT2D eigenvalue weighted by Gasteiger charge is -2.07. The van der Waals surface area contributed by atoms with Crippen LogP contribution in [0, 0.1) is 6.92 Å². The van der Waals surface area contributed by atoms with Crippen LogP contribution in [0.25, 0.3) is 0 Å². The van der Waals surface area contributed by atoms with Gasteiger partial charge in [0.2, 0.25) is 0 Å². The lowest BCUT2D eigenvalue weighted by atomic mass is 9.99. The van der Waals surface area contributed by atoms with Crippen molar-refractivity contribution in [1.29, 1.82) is 0 Å². The van der Waals surface area contributed by atoms with Gasteiger partial charge in [-0.3, -0.25) is 4.79 Å². The normalized spacial score (nSPS) is 16.0. The van der Waals surface area contributed by atoms with Crippen LogP contribution in [0.1, 0.15) is 43.2 Å². The summed E-state index contributed by atoms with van der Waals surface area (Å²) in [6, 6.07) is 5.90. The van der Waals surface area contributed by atoms with Crippen LogP contribution < -0.4 is 0 Å². The Balaban J connectivity index is 2.08. The molecule has 0 spiro atoms. The van der Waals surface area contributed by atoms with E-state index >= 15 is 0 Å². The van der Waals surface area contributed by atoms with Crippen LogP contribution in [-0.2, 0) is 11.2 Å². The van der Waals surface area contributed by atoms with E-state index in [4.69, 9.17) is 11.6 Å². The molecule has 2 heteroatoms. The number of Topliss-reactive ketones (excluding diaryl/α,β-unsaturated/α-hetero) is 1. The van der Waals surface area contributed by atoms with Crippen molar-refractivity contribution in [2.45, 2.75) is 45.4 Å². The van der Waals surface area contributed by atoms with Crippen LogP contribution in [-0.4, -0.2) is 5.78 Å². The van der Waals surface area contributed by atoms with Gasteiger partial charge in [-0.25, -0.2) is 0 Å². The van der Waals surface area contributed by atoms with Gasteiger partial charge >= 0.3 is 0 Å². The fourth-order valence-electron chi connectivity index (χ4n) is 2.35. The van der Waals surface area contributed by atoms with Gasteiger partial charge in [0, 0.05) is 11.4 Å². The first-order valence-corrected chi connectivity index (χ1v) is 7.02. The van der Waals surface area contributed by atoms with Gasteiger partial charge < -0.3 is 0 Å². The maximum Gasteiger partial charge on any atom is 0.162 e. The third-order valence-corrected chi connectivity index (χ3v) is 3.81. The maximum absolute atomic E-state index is 12.2. The van der Waals surface area contributed by atoms with E-state index in [1.165, 1.54) is 12.8 Å². The monoisotopic (exact) mass is 262 g/mol. The van der Waals surface area contributed by atoms with Crippen LogP contribution in [0.2, 0.25) is 5.02 Å². The van der Waals surface area contributed by atoms with E-state index in [2.05, 4.69) is 6.08 Å². The van der Waals surface area contributed by atoms with Crippen molar-refractivity contribution in [3.8, 4) is 0 Å². The van der Waals surface area contributed by atoms with E-state index in [9.17, 15) is 4.79 Å². The number of hydrogen-bond donors (Lipinski definition) is 0. The van der Waals surface area contributed by atoms with Gasteiger partial charge in [-0.05, 0) is 55.4 Å². The molecular weight excluding hydrogens is 244 g/mol. The third-order valence-electron chi connectivity index (χ3n) is 3.46. The summed E-state index contributed by atoms with van der Waals surface area (Å²) in [6.07, 6.45) is 8.12. The summed E-state index contributed by atoms with van der Waals surface area (Å²) >= 11 is 6.17. The number of benzene rings is 1. The molecule has 0 bridgehead atoms. The number of ketones is 1. The van der Waals surface area contributed by atoms with Gasteiger partial charge in [-0.1, -0.05) is 36.2 Å². The molecule has 1 nitrogen and oxygen atoms in total. The van der Waals surface area contributed by atoms with Crippen molar-refractivity contribution in [2.24, 2.45) is 0 Å². The molecule has 1 aromatic rings. The fraction of sp³-hybridized carbons (Fsp3) is 0.438. The van der Waals surface area contributed by atoms with E-state index in [0.29, 0.717) is 11.4 Å². The molecule has 0 saturated heterocycles. The zero-order chi connectivity index (χ0) is 13.0. The Hall–Kier alpha value is -1.08. The predicted octanol–water partition coefficient (Wildman–Crippen LogP) is 4.65. The minimum absolute atomic E-state index is 0.239. The molecule has 0 unspecified atom stereocenters. The lowest BCUT2D eigenvalue weighted by Crippen LogP contribution is -2.07. The highest BCUT2D eigenvalue weighted by atomic mass is 35.5. The topological polar surface area (TPSA) is 17.1 Å². The molecule has 2 rings (SSSR count). The molecule has 0 amide bonds. The Morgan fingerprint density at radius 1 is 1.28 bits per heavy atom. The largest absolute Gasteiger partial charge is 0.294 e. The summed E-state index contributed by atoms with van der Waals surface area (Å²) < 4.78 is 0. The molecule has 0 radical (unpaired) electrons. The van der Waals surface area contributed by atoms with E-state index in [-0.39, 0.29) is 5.78 Å². The van der Waals surface area contributed by atoms with Crippen molar-refractivity contribution in [3.05, 3.63) is 46.0 Å². The first-order valence-electron chi connectivity index (χ1n) is 6.64. The van der Waals surface area contributed by atoms with Gasteiger partial charge in [-0.2, -0.15) is 0 Å². The Morgan fingerprint density at radius 2 is 2.11 bits per heavy atom. The highest BCUT2D eigenvalue weighted by Crippen LogP contribution is 2.22. The molecule has 0 aliphatic heterocycles. The van der Waals surface area contributed by atoms with Gasteiger partial charge in [0.1, 0.15) is 0 Å². The zero-order valence-corrected chi connectivity index (χ0v) is 11.6. The van der Waals surface area contributed by atoms with Crippen molar-refractivity contribution >= 4 is 17.4 Å². The molecule has 0 fully saturated rings. The predicted molar refractivity (Wildman–Crippen MR) is 76.1 cm³/mol. The number of halogens is 1. The Bertz CT molecular complexity index is 474. The molecule has 1 aliphatic carbocycles. The van der Waals surface area contributed by atoms with Crippen molar-refractivity contribution < 1.29 is 4.79 Å². The molecule has 1 aromatic carbocycles. The SMILES string of the molecule is Cc1ccc(CC(=O)C2=CCCCCC2)c(Cl)c1. The van der Waals surface area contributed by atoms with E-state index in [1.807, 2.05) is 25.1 Å². The molecule has 0 heterocycles. The summed E-state index contributed by atoms with van der Waals surface area (Å²) in [4.78, 5) is 12.2. The second kappa shape index (κ2) is 6.19. The maximum atomic E-state index is 12.2. The number of carbonyl (C=O) groups is 1. The molecule has 0 N–H and O–H groups in total. The average Bonchev–Trinajstić information content (AvgIpc) is 2.61. The number of aryl methyl sites for hydroxylation is 1. The van der Waals surface area contributed by atoms with E-state index in [0.717, 1.165) is 36.0 Å². The second-order valence-corrected chi connectivity index (χ2v) is 5.43. The first-order chi connectivity index (χ1) is 8.66. The van der Waals surface area contributed by atoms with Crippen LogP contribution >= 0.6 is 11.6 Å². The number of rotatable bonds is 3. The summed E-state index contributed by atoms with van der Waals surface area (Å²) in [5, 5.41) is 0.706. The minimum Gasteiger partial charge on any atom is -0.294 e. The van der Waals surface area contributed by atoms with Gasteiger partial charge in [-0.15, -0.1) is 0 Å². The molecule has 18 heavy (non-hydrogen) atoms. The molecule has 96 valence electrons. The van der Waals surface area contributed by atoms with Crippen LogP contribution in [0.15, 0.2) is 29.8 Å². The van der Waals surface area contributed by atoms with Crippen molar-refractivity contribution in [1.82, 2.24) is 0 Å². The van der Waals surface area contributed by atoms with Gasteiger partial charge in [0.25, 0.3) is 0 Å². The first kappa shape index (κ1) is 13.4. The Kier molecular flexibility index (Phi) is 4.60.